The van der Waals surface area contributed by atoms with E-state index in [0.717, 1.165) is 39.3 Å². The lowest BCUT2D eigenvalue weighted by Gasteiger charge is -2.26. The molecule has 4 rings (SSSR count). The number of benzene rings is 2. The van der Waals surface area contributed by atoms with Gasteiger partial charge < -0.3 is 19.5 Å². The van der Waals surface area contributed by atoms with Crippen LogP contribution in [0.5, 0.6) is 11.5 Å². The molecule has 1 N–H and O–H groups in total. The van der Waals surface area contributed by atoms with Gasteiger partial charge in [-0.1, -0.05) is 11.6 Å². The van der Waals surface area contributed by atoms with E-state index in [1.807, 2.05) is 0 Å². The van der Waals surface area contributed by atoms with Gasteiger partial charge in [-0.3, -0.25) is 9.88 Å². The average molecular weight is 471 g/mol. The Morgan fingerprint density at radius 1 is 1.24 bits per heavy atom. The highest BCUT2D eigenvalue weighted by atomic mass is 35.5. The zero-order chi connectivity index (χ0) is 23.2. The molecule has 1 fully saturated rings. The summed E-state index contributed by atoms with van der Waals surface area (Å²) in [6.07, 6.45) is 2.29. The quantitative estimate of drug-likeness (QED) is 0.476. The fraction of sp³-hybridized carbons (Fsp3) is 0.333. The second-order valence-corrected chi connectivity index (χ2v) is 8.02. The SMILES string of the molecule is COc1cc2ncc(C#N)c(Nc3ccc(Cl)cc3F)c2cc1OCCCN1CCOCC1. The number of anilines is 2. The van der Waals surface area contributed by atoms with Gasteiger partial charge in [0.2, 0.25) is 0 Å². The summed E-state index contributed by atoms with van der Waals surface area (Å²) in [4.78, 5) is 6.71. The third-order valence-electron chi connectivity index (χ3n) is 5.44. The zero-order valence-electron chi connectivity index (χ0n) is 18.2. The molecule has 1 aliphatic rings. The number of nitrogens with one attached hydrogen (secondary N) is 1. The number of morpholine rings is 1. The second-order valence-electron chi connectivity index (χ2n) is 7.58. The molecule has 2 aromatic carbocycles. The number of nitrogens with zero attached hydrogens (tertiary/aromatic N) is 3. The third-order valence-corrected chi connectivity index (χ3v) is 5.68. The van der Waals surface area contributed by atoms with E-state index in [-0.39, 0.29) is 16.3 Å². The molecule has 172 valence electrons. The Kier molecular flexibility index (Phi) is 7.45. The normalized spacial score (nSPS) is 14.1. The van der Waals surface area contributed by atoms with Crippen molar-refractivity contribution in [1.82, 2.24) is 9.88 Å². The lowest BCUT2D eigenvalue weighted by Crippen LogP contribution is -2.37. The highest BCUT2D eigenvalue weighted by Gasteiger charge is 2.16. The van der Waals surface area contributed by atoms with Crippen LogP contribution in [0.4, 0.5) is 15.8 Å². The average Bonchev–Trinajstić information content (AvgIpc) is 2.83. The van der Waals surface area contributed by atoms with Crippen LogP contribution in [0.15, 0.2) is 36.5 Å². The number of hydrogen-bond donors (Lipinski definition) is 1. The fourth-order valence-electron chi connectivity index (χ4n) is 3.71. The maximum atomic E-state index is 14.4. The first-order chi connectivity index (χ1) is 16.1. The molecule has 2 heterocycles. The van der Waals surface area contributed by atoms with Crippen molar-refractivity contribution in [2.75, 3.05) is 51.9 Å². The first-order valence-electron chi connectivity index (χ1n) is 10.6. The minimum Gasteiger partial charge on any atom is -0.493 e. The number of ether oxygens (including phenoxy) is 3. The predicted octanol–water partition coefficient (Wildman–Crippen LogP) is 4.75. The van der Waals surface area contributed by atoms with Crippen molar-refractivity contribution in [2.45, 2.75) is 6.42 Å². The summed E-state index contributed by atoms with van der Waals surface area (Å²) in [5.74, 6) is 0.544. The molecule has 1 saturated heterocycles. The molecule has 0 aliphatic carbocycles. The number of aromatic nitrogens is 1. The Labute approximate surface area is 196 Å². The van der Waals surface area contributed by atoms with Gasteiger partial charge in [0.1, 0.15) is 11.9 Å². The summed E-state index contributed by atoms with van der Waals surface area (Å²) in [6.45, 7) is 4.80. The molecule has 0 spiro atoms. The molecule has 0 saturated carbocycles. The van der Waals surface area contributed by atoms with Crippen LogP contribution >= 0.6 is 11.6 Å². The van der Waals surface area contributed by atoms with Gasteiger partial charge in [0.25, 0.3) is 0 Å². The van der Waals surface area contributed by atoms with E-state index in [4.69, 9.17) is 25.8 Å². The van der Waals surface area contributed by atoms with Crippen molar-refractivity contribution in [1.29, 1.82) is 5.26 Å². The smallest absolute Gasteiger partial charge is 0.162 e. The van der Waals surface area contributed by atoms with E-state index in [1.54, 1.807) is 25.3 Å². The lowest BCUT2D eigenvalue weighted by molar-refractivity contribution is 0.0357. The van der Waals surface area contributed by atoms with Crippen LogP contribution < -0.4 is 14.8 Å². The number of pyridine rings is 1. The Hall–Kier alpha value is -3.12. The second kappa shape index (κ2) is 10.7. The largest absolute Gasteiger partial charge is 0.493 e. The molecular weight excluding hydrogens is 447 g/mol. The molecule has 0 amide bonds. The third kappa shape index (κ3) is 5.45. The van der Waals surface area contributed by atoms with Gasteiger partial charge in [-0.2, -0.15) is 5.26 Å². The monoisotopic (exact) mass is 470 g/mol. The molecule has 0 unspecified atom stereocenters. The summed E-state index contributed by atoms with van der Waals surface area (Å²) in [7, 11) is 1.56. The van der Waals surface area contributed by atoms with Crippen LogP contribution in [0.25, 0.3) is 10.9 Å². The van der Waals surface area contributed by atoms with Crippen LogP contribution in [0.3, 0.4) is 0 Å². The molecule has 0 bridgehead atoms. The number of rotatable bonds is 8. The number of fused-ring (bicyclic) bond motifs is 1. The van der Waals surface area contributed by atoms with Crippen LogP contribution in [-0.2, 0) is 4.74 Å². The van der Waals surface area contributed by atoms with Gasteiger partial charge in [0.15, 0.2) is 11.5 Å². The zero-order valence-corrected chi connectivity index (χ0v) is 19.0. The van der Waals surface area contributed by atoms with Crippen LogP contribution in [0.1, 0.15) is 12.0 Å². The van der Waals surface area contributed by atoms with Gasteiger partial charge in [0, 0.05) is 42.3 Å². The Balaban J connectivity index is 1.60. The van der Waals surface area contributed by atoms with Crippen molar-refractivity contribution >= 4 is 33.9 Å². The van der Waals surface area contributed by atoms with E-state index in [1.165, 1.54) is 18.3 Å². The summed E-state index contributed by atoms with van der Waals surface area (Å²) < 4.78 is 31.3. The van der Waals surface area contributed by atoms with Gasteiger partial charge >= 0.3 is 0 Å². The van der Waals surface area contributed by atoms with Crippen LogP contribution in [0.2, 0.25) is 5.02 Å². The van der Waals surface area contributed by atoms with Gasteiger partial charge in [-0.25, -0.2) is 4.39 Å². The minimum atomic E-state index is -0.524. The standard InChI is InChI=1S/C24H24ClFN4O3/c1-31-22-13-21-18(12-23(22)33-8-2-5-30-6-9-32-10-7-30)24(16(14-27)15-28-21)29-20-4-3-17(25)11-19(20)26/h3-4,11-13,15H,2,5-10H2,1H3,(H,28,29). The molecule has 1 aliphatic heterocycles. The Morgan fingerprint density at radius 3 is 2.79 bits per heavy atom. The first kappa shape index (κ1) is 23.1. The van der Waals surface area contributed by atoms with Gasteiger partial charge in [-0.15, -0.1) is 0 Å². The Morgan fingerprint density at radius 2 is 2.06 bits per heavy atom. The molecule has 0 atom stereocenters. The molecular formula is C24H24ClFN4O3. The van der Waals surface area contributed by atoms with Crippen LogP contribution in [-0.4, -0.2) is 56.4 Å². The van der Waals surface area contributed by atoms with Crippen molar-refractivity contribution in [3.05, 3.63) is 52.9 Å². The Bertz CT molecular complexity index is 1180. The molecule has 0 radical (unpaired) electrons. The molecule has 9 heteroatoms. The van der Waals surface area contributed by atoms with Crippen molar-refractivity contribution in [3.63, 3.8) is 0 Å². The lowest BCUT2D eigenvalue weighted by atomic mass is 10.1. The highest BCUT2D eigenvalue weighted by molar-refractivity contribution is 6.30. The molecule has 1 aromatic heterocycles. The highest BCUT2D eigenvalue weighted by Crippen LogP contribution is 2.37. The number of nitriles is 1. The number of hydrogen-bond acceptors (Lipinski definition) is 7. The van der Waals surface area contributed by atoms with E-state index >= 15 is 0 Å². The van der Waals surface area contributed by atoms with E-state index in [0.29, 0.717) is 34.7 Å². The van der Waals surface area contributed by atoms with Crippen LogP contribution in [0, 0.1) is 17.1 Å². The summed E-state index contributed by atoms with van der Waals surface area (Å²) in [6, 6.07) is 9.95. The molecule has 7 nitrogen and oxygen atoms in total. The number of halogens is 2. The van der Waals surface area contributed by atoms with Crippen molar-refractivity contribution < 1.29 is 18.6 Å². The van der Waals surface area contributed by atoms with E-state index < -0.39 is 5.82 Å². The van der Waals surface area contributed by atoms with Crippen molar-refractivity contribution in [2.24, 2.45) is 0 Å². The topological polar surface area (TPSA) is 79.6 Å². The summed E-state index contributed by atoms with van der Waals surface area (Å²) in [5.41, 5.74) is 1.50. The van der Waals surface area contributed by atoms with Gasteiger partial charge in [-0.05, 0) is 30.7 Å². The maximum Gasteiger partial charge on any atom is 0.162 e. The fourth-order valence-corrected chi connectivity index (χ4v) is 3.87. The van der Waals surface area contributed by atoms with E-state index in [2.05, 4.69) is 21.3 Å². The van der Waals surface area contributed by atoms with Crippen molar-refractivity contribution in [3.8, 4) is 17.6 Å². The summed E-state index contributed by atoms with van der Waals surface area (Å²) in [5, 5.41) is 13.6. The van der Waals surface area contributed by atoms with Gasteiger partial charge in [0.05, 0.1) is 49.4 Å². The minimum absolute atomic E-state index is 0.201. The molecule has 33 heavy (non-hydrogen) atoms. The summed E-state index contributed by atoms with van der Waals surface area (Å²) >= 11 is 5.87. The number of methoxy groups -OCH3 is 1. The molecule has 3 aromatic rings. The first-order valence-corrected chi connectivity index (χ1v) is 11.0. The predicted molar refractivity (Wildman–Crippen MR) is 125 cm³/mol. The van der Waals surface area contributed by atoms with E-state index in [9.17, 15) is 9.65 Å². The maximum absolute atomic E-state index is 14.4.